The van der Waals surface area contributed by atoms with E-state index in [1.807, 2.05) is 0 Å². The summed E-state index contributed by atoms with van der Waals surface area (Å²) >= 11 is 0. The van der Waals surface area contributed by atoms with Gasteiger partial charge in [-0.25, -0.2) is 0 Å². The highest BCUT2D eigenvalue weighted by Gasteiger charge is 2.33. The Labute approximate surface area is 210 Å². The van der Waals surface area contributed by atoms with E-state index in [1.165, 1.54) is 12.1 Å². The van der Waals surface area contributed by atoms with Gasteiger partial charge in [0.2, 0.25) is 0 Å². The number of hydrogen-bond acceptors (Lipinski definition) is 8. The van der Waals surface area contributed by atoms with Crippen LogP contribution in [0.25, 0.3) is 75.4 Å². The van der Waals surface area contributed by atoms with E-state index >= 15 is 0 Å². The minimum absolute atomic E-state index is 0.000973. The van der Waals surface area contributed by atoms with Crippen LogP contribution in [-0.4, -0.2) is 30.6 Å². The Hall–Kier alpha value is -5.24. The van der Waals surface area contributed by atoms with Gasteiger partial charge >= 0.3 is 0 Å². The van der Waals surface area contributed by atoms with Crippen LogP contribution in [0.5, 0.6) is 34.5 Å². The molecule has 0 aliphatic rings. The molecule has 38 heavy (non-hydrogen) atoms. The van der Waals surface area contributed by atoms with E-state index < -0.39 is 33.9 Å². The maximum absolute atomic E-state index is 13.5. The fourth-order valence-electron chi connectivity index (χ4n) is 6.99. The first kappa shape index (κ1) is 20.9. The molecule has 0 spiro atoms. The molecule has 0 heterocycles. The molecule has 6 N–H and O–H groups in total. The fraction of sp³-hybridized carbons (Fsp3) is 0.0667. The number of hydrogen-bond donors (Lipinski definition) is 6. The lowest BCUT2D eigenvalue weighted by molar-refractivity contribution is 0.453. The van der Waals surface area contributed by atoms with Crippen LogP contribution in [0.15, 0.2) is 33.9 Å². The zero-order valence-corrected chi connectivity index (χ0v) is 19.8. The molecule has 184 valence electrons. The predicted octanol–water partition coefficient (Wildman–Crippen LogP) is 5.08. The quantitative estimate of drug-likeness (QED) is 0.123. The van der Waals surface area contributed by atoms with Crippen molar-refractivity contribution >= 4 is 75.4 Å². The number of aromatic hydroxyl groups is 6. The molecular weight excluding hydrogens is 488 g/mol. The van der Waals surface area contributed by atoms with Gasteiger partial charge in [0.05, 0.1) is 21.5 Å². The number of fused-ring (bicyclic) bond motifs is 2. The average Bonchev–Trinajstić information content (AvgIpc) is 2.82. The molecule has 0 saturated heterocycles. The average molecular weight is 504 g/mol. The summed E-state index contributed by atoms with van der Waals surface area (Å²) in [5.74, 6) is -2.45. The van der Waals surface area contributed by atoms with E-state index in [1.54, 1.807) is 13.8 Å². The Balaban J connectivity index is 2.04. The molecule has 8 nitrogen and oxygen atoms in total. The summed E-state index contributed by atoms with van der Waals surface area (Å²) in [5.41, 5.74) is -0.122. The topological polar surface area (TPSA) is 156 Å². The number of aryl methyl sites for hydroxylation is 2. The summed E-state index contributed by atoms with van der Waals surface area (Å²) < 4.78 is 0. The molecule has 8 aromatic carbocycles. The highest BCUT2D eigenvalue weighted by molar-refractivity contribution is 6.51. The predicted molar refractivity (Wildman–Crippen MR) is 146 cm³/mol. The standard InChI is InChI=1S/C30H16O8/c1-7-3-9(31)19-23-15(7)17-11(33)5-13(35)21-25(17)28-24-16(8(2)4-10(32)20(24)30(21)38)18-12(34)6-14(36)22(29(19)37)26(18)27(23)28/h3-6,31,33,35-38H,1-2H3. The smallest absolute Gasteiger partial charge is 0.190 e. The molecule has 0 unspecified atom stereocenters. The highest BCUT2D eigenvalue weighted by Crippen LogP contribution is 2.59. The van der Waals surface area contributed by atoms with Gasteiger partial charge in [0.25, 0.3) is 0 Å². The van der Waals surface area contributed by atoms with Crippen LogP contribution >= 0.6 is 0 Å². The minimum atomic E-state index is -0.554. The van der Waals surface area contributed by atoms with E-state index in [-0.39, 0.29) is 60.0 Å². The number of phenolic OH excluding ortho intramolecular Hbond substituents is 6. The first-order valence-corrected chi connectivity index (χ1v) is 11.8. The molecular formula is C30H16O8. The molecule has 0 fully saturated rings. The van der Waals surface area contributed by atoms with Crippen LogP contribution in [0.4, 0.5) is 0 Å². The monoisotopic (exact) mass is 504 g/mol. The van der Waals surface area contributed by atoms with Crippen molar-refractivity contribution in [2.75, 3.05) is 0 Å². The van der Waals surface area contributed by atoms with Crippen molar-refractivity contribution in [2.45, 2.75) is 13.8 Å². The maximum Gasteiger partial charge on any atom is 0.190 e. The zero-order chi connectivity index (χ0) is 26.7. The normalized spacial score (nSPS) is 12.8. The first-order valence-electron chi connectivity index (χ1n) is 11.8. The van der Waals surface area contributed by atoms with Crippen LogP contribution in [0.1, 0.15) is 11.1 Å². The second-order valence-electron chi connectivity index (χ2n) is 10.2. The van der Waals surface area contributed by atoms with Crippen molar-refractivity contribution in [3.05, 3.63) is 55.8 Å². The Kier molecular flexibility index (Phi) is 3.30. The van der Waals surface area contributed by atoms with Gasteiger partial charge in [-0.1, -0.05) is 0 Å². The Morgan fingerprint density at radius 2 is 0.737 bits per heavy atom. The lowest BCUT2D eigenvalue weighted by Crippen LogP contribution is -2.09. The summed E-state index contributed by atoms with van der Waals surface area (Å²) in [6, 6.07) is 4.77. The van der Waals surface area contributed by atoms with Gasteiger partial charge in [0.1, 0.15) is 34.5 Å². The summed E-state index contributed by atoms with van der Waals surface area (Å²) in [6.45, 7) is 3.35. The Bertz CT molecular complexity index is 2480. The van der Waals surface area contributed by atoms with Gasteiger partial charge in [-0.05, 0) is 47.9 Å². The molecule has 0 amide bonds. The van der Waals surface area contributed by atoms with Gasteiger partial charge in [-0.3, -0.25) is 9.59 Å². The van der Waals surface area contributed by atoms with Crippen LogP contribution in [0.3, 0.4) is 0 Å². The van der Waals surface area contributed by atoms with Gasteiger partial charge < -0.3 is 30.6 Å². The Morgan fingerprint density at radius 3 is 1.39 bits per heavy atom. The molecule has 8 rings (SSSR count). The van der Waals surface area contributed by atoms with E-state index in [0.29, 0.717) is 38.1 Å². The van der Waals surface area contributed by atoms with Crippen LogP contribution in [-0.2, 0) is 0 Å². The third-order valence-corrected chi connectivity index (χ3v) is 8.25. The van der Waals surface area contributed by atoms with Crippen molar-refractivity contribution in [3.8, 4) is 34.5 Å². The van der Waals surface area contributed by atoms with E-state index in [0.717, 1.165) is 12.1 Å². The van der Waals surface area contributed by atoms with E-state index in [9.17, 15) is 40.2 Å². The van der Waals surface area contributed by atoms with Crippen molar-refractivity contribution in [1.82, 2.24) is 0 Å². The largest absolute Gasteiger partial charge is 0.507 e. The molecule has 0 aliphatic carbocycles. The van der Waals surface area contributed by atoms with Crippen LogP contribution in [0.2, 0.25) is 0 Å². The second kappa shape index (κ2) is 6.00. The van der Waals surface area contributed by atoms with Gasteiger partial charge in [0, 0.05) is 55.2 Å². The molecule has 0 atom stereocenters. The number of phenols is 6. The fourth-order valence-corrected chi connectivity index (χ4v) is 6.99. The van der Waals surface area contributed by atoms with Gasteiger partial charge in [-0.2, -0.15) is 0 Å². The third-order valence-electron chi connectivity index (χ3n) is 8.25. The molecule has 0 aliphatic heterocycles. The van der Waals surface area contributed by atoms with Crippen molar-refractivity contribution in [2.24, 2.45) is 0 Å². The van der Waals surface area contributed by atoms with Crippen molar-refractivity contribution in [1.29, 1.82) is 0 Å². The molecule has 0 aromatic heterocycles. The summed E-state index contributed by atoms with van der Waals surface area (Å²) in [5, 5.41) is 69.6. The van der Waals surface area contributed by atoms with Gasteiger partial charge in [0.15, 0.2) is 10.9 Å². The molecule has 8 heteroatoms. The lowest BCUT2D eigenvalue weighted by atomic mass is 9.78. The molecule has 0 bridgehead atoms. The van der Waals surface area contributed by atoms with Crippen molar-refractivity contribution in [3.63, 3.8) is 0 Å². The van der Waals surface area contributed by atoms with E-state index in [4.69, 9.17) is 0 Å². The SMILES string of the molecule is Cc1cc(O)c2c(O)c3c(O)cc(=O)c4c5c(C)cc(=O)c6c(O)c7c(O)cc(O)c8c1c2c(c34)c(c78)c65. The van der Waals surface area contributed by atoms with Crippen LogP contribution in [0, 0.1) is 13.8 Å². The minimum Gasteiger partial charge on any atom is -0.507 e. The highest BCUT2D eigenvalue weighted by atomic mass is 16.3. The van der Waals surface area contributed by atoms with Crippen molar-refractivity contribution < 1.29 is 30.6 Å². The number of rotatable bonds is 0. The van der Waals surface area contributed by atoms with E-state index in [2.05, 4.69) is 0 Å². The summed E-state index contributed by atoms with van der Waals surface area (Å²) in [4.78, 5) is 26.8. The molecule has 8 aromatic rings. The second-order valence-corrected chi connectivity index (χ2v) is 10.2. The zero-order valence-electron chi connectivity index (χ0n) is 19.8. The third kappa shape index (κ3) is 1.93. The van der Waals surface area contributed by atoms with Crippen LogP contribution < -0.4 is 10.9 Å². The lowest BCUT2D eigenvalue weighted by Gasteiger charge is -2.25. The summed E-state index contributed by atoms with van der Waals surface area (Å²) in [6.07, 6.45) is 0. The molecule has 0 radical (unpaired) electrons. The molecule has 0 saturated carbocycles. The number of benzene rings is 8. The Morgan fingerprint density at radius 1 is 0.368 bits per heavy atom. The first-order chi connectivity index (χ1) is 18.0. The summed E-state index contributed by atoms with van der Waals surface area (Å²) in [7, 11) is 0. The van der Waals surface area contributed by atoms with Gasteiger partial charge in [-0.15, -0.1) is 0 Å². The maximum atomic E-state index is 13.5.